The molecule has 3 nitrogen and oxygen atoms in total. The lowest BCUT2D eigenvalue weighted by Crippen LogP contribution is -2.41. The number of pyridine rings is 1. The highest BCUT2D eigenvalue weighted by Gasteiger charge is 2.24. The normalized spacial score (nSPS) is 10.9. The topological polar surface area (TPSA) is 30.2 Å². The average molecular weight is 377 g/mol. The number of esters is 1. The lowest BCUT2D eigenvalue weighted by molar-refractivity contribution is -0.689. The van der Waals surface area contributed by atoms with Crippen LogP contribution in [0, 0.1) is 0 Å². The van der Waals surface area contributed by atoms with E-state index in [4.69, 9.17) is 4.74 Å². The van der Waals surface area contributed by atoms with Crippen molar-refractivity contribution in [2.45, 2.75) is 52.0 Å². The Kier molecular flexibility index (Phi) is 7.60. The summed E-state index contributed by atoms with van der Waals surface area (Å²) in [7, 11) is 0. The molecule has 0 aliphatic carbocycles. The van der Waals surface area contributed by atoms with Crippen LogP contribution in [0.2, 0.25) is 0 Å². The van der Waals surface area contributed by atoms with Gasteiger partial charge in [0.1, 0.15) is 0 Å². The first-order valence-electron chi connectivity index (χ1n) is 10.4. The highest BCUT2D eigenvalue weighted by molar-refractivity contribution is 6.01. The number of carbonyl (C=O) groups is 1. The van der Waals surface area contributed by atoms with E-state index in [2.05, 4.69) is 25.1 Å². The highest BCUT2D eigenvalue weighted by atomic mass is 16.5. The van der Waals surface area contributed by atoms with E-state index in [-0.39, 0.29) is 5.97 Å². The van der Waals surface area contributed by atoms with Crippen molar-refractivity contribution >= 4 is 16.7 Å². The Labute approximate surface area is 168 Å². The minimum atomic E-state index is -0.235. The third-order valence-electron chi connectivity index (χ3n) is 5.06. The summed E-state index contributed by atoms with van der Waals surface area (Å²) in [6, 6.07) is 20.3. The highest BCUT2D eigenvalue weighted by Crippen LogP contribution is 2.17. The van der Waals surface area contributed by atoms with Crippen LogP contribution in [0.25, 0.3) is 10.8 Å². The van der Waals surface area contributed by atoms with Crippen LogP contribution in [0.4, 0.5) is 0 Å². The van der Waals surface area contributed by atoms with Crippen molar-refractivity contribution in [1.82, 2.24) is 0 Å². The number of unbranched alkanes of at least 4 members (excludes halogenated alkanes) is 5. The second-order valence-corrected chi connectivity index (χ2v) is 7.27. The molecule has 0 unspecified atom stereocenters. The van der Waals surface area contributed by atoms with Crippen LogP contribution >= 0.6 is 0 Å². The predicted molar refractivity (Wildman–Crippen MR) is 113 cm³/mol. The van der Waals surface area contributed by atoms with Gasteiger partial charge in [-0.15, -0.1) is 0 Å². The zero-order valence-electron chi connectivity index (χ0n) is 16.8. The number of aromatic nitrogens is 1. The van der Waals surface area contributed by atoms with Gasteiger partial charge in [-0.2, -0.15) is 4.57 Å². The summed E-state index contributed by atoms with van der Waals surface area (Å²) >= 11 is 0. The predicted octanol–water partition coefficient (Wildman–Crippen LogP) is 5.69. The molecule has 146 valence electrons. The second-order valence-electron chi connectivity index (χ2n) is 7.27. The smallest absolute Gasteiger partial charge is 0.404 e. The van der Waals surface area contributed by atoms with Gasteiger partial charge in [-0.3, -0.25) is 0 Å². The van der Waals surface area contributed by atoms with Crippen LogP contribution in [-0.2, 0) is 11.3 Å². The fourth-order valence-corrected chi connectivity index (χ4v) is 3.51. The van der Waals surface area contributed by atoms with Gasteiger partial charge in [0.25, 0.3) is 5.69 Å². The summed E-state index contributed by atoms with van der Waals surface area (Å²) in [5.41, 5.74) is 1.79. The van der Waals surface area contributed by atoms with Crippen molar-refractivity contribution in [3.63, 3.8) is 0 Å². The fraction of sp³-hybridized carbons (Fsp3) is 0.360. The molecule has 1 heterocycles. The van der Waals surface area contributed by atoms with E-state index in [1.54, 1.807) is 0 Å². The SMILES string of the molecule is CCCCCCCCOC(=O)c1c2ccccc2cc[n+]1Cc1ccccc1. The minimum absolute atomic E-state index is 0.235. The summed E-state index contributed by atoms with van der Waals surface area (Å²) in [6.07, 6.45) is 9.05. The van der Waals surface area contributed by atoms with Gasteiger partial charge in [0.15, 0.2) is 12.7 Å². The standard InChI is InChI=1S/C25H30NO2/c1-2-3-4-5-6-12-19-28-25(27)24-23-16-11-10-15-22(23)17-18-26(24)20-21-13-8-7-9-14-21/h7-11,13-18H,2-6,12,19-20H2,1H3/q+1. The van der Waals surface area contributed by atoms with Gasteiger partial charge < -0.3 is 4.74 Å². The molecule has 0 spiro atoms. The Hall–Kier alpha value is -2.68. The van der Waals surface area contributed by atoms with E-state index in [0.717, 1.165) is 29.2 Å². The number of ether oxygens (including phenoxy) is 1. The first kappa shape index (κ1) is 20.1. The molecule has 0 bridgehead atoms. The number of benzene rings is 2. The molecule has 0 atom stereocenters. The first-order valence-corrected chi connectivity index (χ1v) is 10.4. The molecular formula is C25H30NO2+. The average Bonchev–Trinajstić information content (AvgIpc) is 2.73. The molecule has 28 heavy (non-hydrogen) atoms. The van der Waals surface area contributed by atoms with Gasteiger partial charge in [-0.25, -0.2) is 4.79 Å². The molecule has 1 aromatic heterocycles. The first-order chi connectivity index (χ1) is 13.8. The third kappa shape index (κ3) is 5.41. The Morgan fingerprint density at radius 2 is 1.57 bits per heavy atom. The van der Waals surface area contributed by atoms with Crippen molar-refractivity contribution < 1.29 is 14.1 Å². The van der Waals surface area contributed by atoms with E-state index in [1.165, 1.54) is 25.7 Å². The summed E-state index contributed by atoms with van der Waals surface area (Å²) < 4.78 is 7.66. The molecule has 3 aromatic rings. The molecule has 0 radical (unpaired) electrons. The van der Waals surface area contributed by atoms with E-state index in [0.29, 0.717) is 18.8 Å². The monoisotopic (exact) mass is 376 g/mol. The van der Waals surface area contributed by atoms with Crippen molar-refractivity contribution in [1.29, 1.82) is 0 Å². The van der Waals surface area contributed by atoms with Gasteiger partial charge in [-0.1, -0.05) is 87.6 Å². The van der Waals surface area contributed by atoms with Crippen LogP contribution in [0.3, 0.4) is 0 Å². The number of nitrogens with zero attached hydrogens (tertiary/aromatic N) is 1. The minimum Gasteiger partial charge on any atom is -0.458 e. The van der Waals surface area contributed by atoms with E-state index in [9.17, 15) is 4.79 Å². The largest absolute Gasteiger partial charge is 0.458 e. The van der Waals surface area contributed by atoms with Gasteiger partial charge in [0.2, 0.25) is 0 Å². The maximum atomic E-state index is 13.0. The molecule has 0 aliphatic heterocycles. The van der Waals surface area contributed by atoms with E-state index in [1.807, 2.05) is 53.2 Å². The molecule has 2 aromatic carbocycles. The molecule has 3 heteroatoms. The Morgan fingerprint density at radius 1 is 0.857 bits per heavy atom. The maximum Gasteiger partial charge on any atom is 0.404 e. The van der Waals surface area contributed by atoms with Gasteiger partial charge in [0, 0.05) is 11.6 Å². The fourth-order valence-electron chi connectivity index (χ4n) is 3.51. The van der Waals surface area contributed by atoms with Crippen LogP contribution in [0.5, 0.6) is 0 Å². The summed E-state index contributed by atoms with van der Waals surface area (Å²) in [6.45, 7) is 3.35. The van der Waals surface area contributed by atoms with Gasteiger partial charge in [0.05, 0.1) is 12.0 Å². The van der Waals surface area contributed by atoms with Gasteiger partial charge >= 0.3 is 5.97 Å². The maximum absolute atomic E-state index is 13.0. The zero-order chi connectivity index (χ0) is 19.6. The number of hydrogen-bond donors (Lipinski definition) is 0. The van der Waals surface area contributed by atoms with Crippen LogP contribution in [-0.4, -0.2) is 12.6 Å². The number of fused-ring (bicyclic) bond motifs is 1. The lowest BCUT2D eigenvalue weighted by atomic mass is 10.1. The van der Waals surface area contributed by atoms with Crippen molar-refractivity contribution in [3.05, 3.63) is 78.1 Å². The molecule has 0 amide bonds. The summed E-state index contributed by atoms with van der Waals surface area (Å²) in [5.74, 6) is -0.235. The lowest BCUT2D eigenvalue weighted by Gasteiger charge is -2.08. The van der Waals surface area contributed by atoms with E-state index >= 15 is 0 Å². The Balaban J connectivity index is 1.73. The molecular weight excluding hydrogens is 346 g/mol. The summed E-state index contributed by atoms with van der Waals surface area (Å²) in [5, 5.41) is 1.99. The zero-order valence-corrected chi connectivity index (χ0v) is 16.8. The third-order valence-corrected chi connectivity index (χ3v) is 5.06. The quantitative estimate of drug-likeness (QED) is 0.258. The molecule has 3 rings (SSSR count). The van der Waals surface area contributed by atoms with Crippen LogP contribution in [0.15, 0.2) is 66.9 Å². The number of rotatable bonds is 10. The van der Waals surface area contributed by atoms with Crippen molar-refractivity contribution in [2.24, 2.45) is 0 Å². The Bertz CT molecular complexity index is 889. The molecule has 0 saturated heterocycles. The van der Waals surface area contributed by atoms with Crippen molar-refractivity contribution in [2.75, 3.05) is 6.61 Å². The molecule has 0 fully saturated rings. The number of hydrogen-bond acceptors (Lipinski definition) is 2. The van der Waals surface area contributed by atoms with Crippen molar-refractivity contribution in [3.8, 4) is 0 Å². The van der Waals surface area contributed by atoms with Crippen LogP contribution in [0.1, 0.15) is 61.5 Å². The summed E-state index contributed by atoms with van der Waals surface area (Å²) in [4.78, 5) is 13.0. The second kappa shape index (κ2) is 10.6. The van der Waals surface area contributed by atoms with E-state index < -0.39 is 0 Å². The molecule has 0 saturated carbocycles. The van der Waals surface area contributed by atoms with Crippen LogP contribution < -0.4 is 4.57 Å². The molecule has 0 aliphatic rings. The number of carbonyl (C=O) groups excluding carboxylic acids is 1. The van der Waals surface area contributed by atoms with Gasteiger partial charge in [-0.05, 0) is 17.9 Å². The molecule has 0 N–H and O–H groups in total. The Morgan fingerprint density at radius 3 is 2.39 bits per heavy atom.